The van der Waals surface area contributed by atoms with Gasteiger partial charge in [-0.05, 0) is 31.6 Å². The number of thiazole rings is 1. The lowest BCUT2D eigenvalue weighted by molar-refractivity contribution is 0.404. The van der Waals surface area contributed by atoms with E-state index in [1.54, 1.807) is 0 Å². The van der Waals surface area contributed by atoms with Crippen molar-refractivity contribution in [3.8, 4) is 0 Å². The molecule has 3 nitrogen and oxygen atoms in total. The number of nitrogens with two attached hydrogens (primary N) is 1. The second-order valence-electron chi connectivity index (χ2n) is 5.65. The number of hydrogen-bond donors (Lipinski definition) is 1. The first-order valence-corrected chi connectivity index (χ1v) is 8.08. The van der Waals surface area contributed by atoms with Gasteiger partial charge in [0.15, 0.2) is 5.13 Å². The van der Waals surface area contributed by atoms with Crippen molar-refractivity contribution in [2.24, 2.45) is 11.7 Å². The van der Waals surface area contributed by atoms with E-state index < -0.39 is 0 Å². The Morgan fingerprint density at radius 1 is 1.39 bits per heavy atom. The van der Waals surface area contributed by atoms with Crippen molar-refractivity contribution < 1.29 is 0 Å². The van der Waals surface area contributed by atoms with Crippen LogP contribution in [0.1, 0.15) is 55.5 Å². The molecule has 0 spiro atoms. The SMILES string of the molecule is CCC1CCCN(c2nc(C3CC3)c(CN)s2)C1. The van der Waals surface area contributed by atoms with Crippen molar-refractivity contribution in [3.63, 3.8) is 0 Å². The van der Waals surface area contributed by atoms with Crippen LogP contribution in [-0.2, 0) is 6.54 Å². The van der Waals surface area contributed by atoms with Gasteiger partial charge in [0.1, 0.15) is 0 Å². The number of rotatable bonds is 4. The summed E-state index contributed by atoms with van der Waals surface area (Å²) in [6.07, 6.45) is 6.62. The van der Waals surface area contributed by atoms with Gasteiger partial charge in [-0.3, -0.25) is 0 Å². The summed E-state index contributed by atoms with van der Waals surface area (Å²) in [5, 5.41) is 1.23. The molecule has 2 aliphatic rings. The van der Waals surface area contributed by atoms with Gasteiger partial charge in [-0.2, -0.15) is 0 Å². The minimum Gasteiger partial charge on any atom is -0.348 e. The van der Waals surface area contributed by atoms with E-state index in [-0.39, 0.29) is 0 Å². The molecule has 4 heteroatoms. The van der Waals surface area contributed by atoms with Crippen LogP contribution in [0.25, 0.3) is 0 Å². The minimum absolute atomic E-state index is 0.661. The van der Waals surface area contributed by atoms with Gasteiger partial charge in [-0.15, -0.1) is 11.3 Å². The lowest BCUT2D eigenvalue weighted by atomic mass is 9.96. The van der Waals surface area contributed by atoms with Crippen molar-refractivity contribution in [1.29, 1.82) is 0 Å². The standard InChI is InChI=1S/C14H23N3S/c1-2-10-4-3-7-17(9-10)14-16-13(11-5-6-11)12(8-15)18-14/h10-11H,2-9,15H2,1H3. The molecule has 2 fully saturated rings. The summed E-state index contributed by atoms with van der Waals surface area (Å²) in [7, 11) is 0. The molecule has 0 radical (unpaired) electrons. The summed E-state index contributed by atoms with van der Waals surface area (Å²) in [5.74, 6) is 1.58. The van der Waals surface area contributed by atoms with Crippen molar-refractivity contribution in [1.82, 2.24) is 4.98 Å². The third-order valence-electron chi connectivity index (χ3n) is 4.23. The van der Waals surface area contributed by atoms with Gasteiger partial charge in [0.2, 0.25) is 0 Å². The maximum Gasteiger partial charge on any atom is 0.185 e. The summed E-state index contributed by atoms with van der Waals surface area (Å²) in [6.45, 7) is 5.34. The van der Waals surface area contributed by atoms with E-state index in [4.69, 9.17) is 10.7 Å². The lowest BCUT2D eigenvalue weighted by Crippen LogP contribution is -2.35. The normalized spacial score (nSPS) is 24.6. The van der Waals surface area contributed by atoms with Crippen molar-refractivity contribution in [3.05, 3.63) is 10.6 Å². The van der Waals surface area contributed by atoms with Crippen LogP contribution in [0, 0.1) is 5.92 Å². The molecule has 100 valence electrons. The molecule has 1 aromatic rings. The Bertz CT molecular complexity index is 411. The van der Waals surface area contributed by atoms with Gasteiger partial charge in [-0.25, -0.2) is 4.98 Å². The summed E-state index contributed by atoms with van der Waals surface area (Å²) in [5.41, 5.74) is 7.18. The molecule has 1 atom stereocenters. The summed E-state index contributed by atoms with van der Waals surface area (Å²) < 4.78 is 0. The lowest BCUT2D eigenvalue weighted by Gasteiger charge is -2.31. The molecule has 2 heterocycles. The number of aromatic nitrogens is 1. The molecule has 18 heavy (non-hydrogen) atoms. The Morgan fingerprint density at radius 2 is 2.22 bits per heavy atom. The Hall–Kier alpha value is -0.610. The number of nitrogens with zero attached hydrogens (tertiary/aromatic N) is 2. The fourth-order valence-corrected chi connectivity index (χ4v) is 3.94. The molecule has 2 N–H and O–H groups in total. The van der Waals surface area contributed by atoms with Crippen LogP contribution in [-0.4, -0.2) is 18.1 Å². The summed E-state index contributed by atoms with van der Waals surface area (Å²) in [6, 6.07) is 0. The largest absolute Gasteiger partial charge is 0.348 e. The average molecular weight is 265 g/mol. The second-order valence-corrected chi connectivity index (χ2v) is 6.71. The highest BCUT2D eigenvalue weighted by Gasteiger charge is 2.30. The molecule has 1 aromatic heterocycles. The molecule has 1 aliphatic carbocycles. The van der Waals surface area contributed by atoms with Gasteiger partial charge < -0.3 is 10.6 Å². The Morgan fingerprint density at radius 3 is 2.89 bits per heavy atom. The molecular formula is C14H23N3S. The second kappa shape index (κ2) is 5.17. The highest BCUT2D eigenvalue weighted by molar-refractivity contribution is 7.15. The van der Waals surface area contributed by atoms with Gasteiger partial charge in [0, 0.05) is 30.4 Å². The third kappa shape index (κ3) is 2.41. The molecule has 1 saturated heterocycles. The fourth-order valence-electron chi connectivity index (χ4n) is 2.88. The first-order valence-electron chi connectivity index (χ1n) is 7.26. The third-order valence-corrected chi connectivity index (χ3v) is 5.39. The van der Waals surface area contributed by atoms with Gasteiger partial charge in [0.25, 0.3) is 0 Å². The predicted molar refractivity (Wildman–Crippen MR) is 77.2 cm³/mol. The summed E-state index contributed by atoms with van der Waals surface area (Å²) in [4.78, 5) is 8.72. The van der Waals surface area contributed by atoms with Gasteiger partial charge >= 0.3 is 0 Å². The molecule has 0 bridgehead atoms. The van der Waals surface area contributed by atoms with E-state index in [9.17, 15) is 0 Å². The fraction of sp³-hybridized carbons (Fsp3) is 0.786. The molecule has 1 aliphatic heterocycles. The first-order chi connectivity index (χ1) is 8.81. The van der Waals surface area contributed by atoms with Gasteiger partial charge in [0.05, 0.1) is 5.69 Å². The van der Waals surface area contributed by atoms with Crippen LogP contribution in [0.5, 0.6) is 0 Å². The van der Waals surface area contributed by atoms with E-state index in [0.717, 1.165) is 11.8 Å². The molecule has 3 rings (SSSR count). The Balaban J connectivity index is 1.78. The zero-order valence-corrected chi connectivity index (χ0v) is 12.0. The zero-order chi connectivity index (χ0) is 12.5. The molecule has 0 amide bonds. The van der Waals surface area contributed by atoms with E-state index in [0.29, 0.717) is 6.54 Å². The molecule has 0 aromatic carbocycles. The monoisotopic (exact) mass is 265 g/mol. The molecule has 1 saturated carbocycles. The van der Waals surface area contributed by atoms with Crippen LogP contribution in [0.3, 0.4) is 0 Å². The number of anilines is 1. The van der Waals surface area contributed by atoms with E-state index in [1.807, 2.05) is 11.3 Å². The predicted octanol–water partition coefficient (Wildman–Crippen LogP) is 3.11. The first kappa shape index (κ1) is 12.4. The van der Waals surface area contributed by atoms with E-state index in [1.165, 1.54) is 60.9 Å². The molecule has 1 unspecified atom stereocenters. The highest BCUT2D eigenvalue weighted by atomic mass is 32.1. The van der Waals surface area contributed by atoms with Crippen LogP contribution in [0.2, 0.25) is 0 Å². The van der Waals surface area contributed by atoms with Crippen LogP contribution < -0.4 is 10.6 Å². The van der Waals surface area contributed by atoms with Crippen LogP contribution in [0.4, 0.5) is 5.13 Å². The number of hydrogen-bond acceptors (Lipinski definition) is 4. The van der Waals surface area contributed by atoms with Crippen molar-refractivity contribution in [2.45, 2.75) is 51.5 Å². The smallest absolute Gasteiger partial charge is 0.185 e. The minimum atomic E-state index is 0.661. The van der Waals surface area contributed by atoms with Crippen LogP contribution >= 0.6 is 11.3 Å². The quantitative estimate of drug-likeness (QED) is 0.909. The maximum atomic E-state index is 5.86. The maximum absolute atomic E-state index is 5.86. The van der Waals surface area contributed by atoms with Crippen molar-refractivity contribution in [2.75, 3.05) is 18.0 Å². The van der Waals surface area contributed by atoms with Crippen LogP contribution in [0.15, 0.2) is 0 Å². The summed E-state index contributed by atoms with van der Waals surface area (Å²) >= 11 is 1.84. The Kier molecular flexibility index (Phi) is 3.57. The van der Waals surface area contributed by atoms with Gasteiger partial charge in [-0.1, -0.05) is 13.3 Å². The zero-order valence-electron chi connectivity index (χ0n) is 11.2. The van der Waals surface area contributed by atoms with E-state index >= 15 is 0 Å². The Labute approximate surface area is 113 Å². The molecular weight excluding hydrogens is 242 g/mol. The van der Waals surface area contributed by atoms with Crippen molar-refractivity contribution >= 4 is 16.5 Å². The number of piperidine rings is 1. The average Bonchev–Trinajstić information content (AvgIpc) is 3.18. The van der Waals surface area contributed by atoms with E-state index in [2.05, 4.69) is 11.8 Å². The highest BCUT2D eigenvalue weighted by Crippen LogP contribution is 2.44. The topological polar surface area (TPSA) is 42.2 Å².